The van der Waals surface area contributed by atoms with Gasteiger partial charge in [-0.25, -0.2) is 0 Å². The van der Waals surface area contributed by atoms with E-state index in [0.717, 1.165) is 0 Å². The third-order valence-corrected chi connectivity index (χ3v) is 2.72. The SMILES string of the molecule is N=C/C=C(\C(=N)O[C@H]1CCN(C(=O)CO)C1)C(F)(F)F. The van der Waals surface area contributed by atoms with E-state index >= 15 is 0 Å². The quantitative estimate of drug-likeness (QED) is 0.526. The van der Waals surface area contributed by atoms with E-state index in [9.17, 15) is 18.0 Å². The van der Waals surface area contributed by atoms with Crippen molar-refractivity contribution in [3.8, 4) is 0 Å². The van der Waals surface area contributed by atoms with Crippen LogP contribution in [-0.4, -0.2) is 60.0 Å². The molecule has 1 aliphatic rings. The zero-order chi connectivity index (χ0) is 15.3. The summed E-state index contributed by atoms with van der Waals surface area (Å²) >= 11 is 0. The summed E-state index contributed by atoms with van der Waals surface area (Å²) in [5, 5.41) is 22.7. The summed E-state index contributed by atoms with van der Waals surface area (Å²) in [5.74, 6) is -1.61. The van der Waals surface area contributed by atoms with Gasteiger partial charge in [0.15, 0.2) is 0 Å². The van der Waals surface area contributed by atoms with Crippen LogP contribution in [0.4, 0.5) is 13.2 Å². The molecule has 0 radical (unpaired) electrons. The number of aliphatic hydroxyl groups excluding tert-OH is 1. The molecule has 0 aromatic heterocycles. The maximum absolute atomic E-state index is 12.6. The Hall–Kier alpha value is -1.90. The molecular formula is C11H14F3N3O3. The summed E-state index contributed by atoms with van der Waals surface area (Å²) in [6, 6.07) is 0. The number of carbonyl (C=O) groups is 1. The summed E-state index contributed by atoms with van der Waals surface area (Å²) in [5.41, 5.74) is -1.35. The fourth-order valence-electron chi connectivity index (χ4n) is 1.76. The molecule has 0 aromatic carbocycles. The van der Waals surface area contributed by atoms with Crippen molar-refractivity contribution < 1.29 is 27.8 Å². The van der Waals surface area contributed by atoms with Gasteiger partial charge in [0.1, 0.15) is 18.3 Å². The minimum absolute atomic E-state index is 0.0253. The Morgan fingerprint density at radius 3 is 2.65 bits per heavy atom. The predicted octanol–water partition coefficient (Wildman–Crippen LogP) is 0.712. The van der Waals surface area contributed by atoms with E-state index in [2.05, 4.69) is 0 Å². The Bertz CT molecular complexity index is 434. The number of rotatable bonds is 4. The molecule has 1 aliphatic heterocycles. The number of nitrogens with zero attached hydrogens (tertiary/aromatic N) is 1. The van der Waals surface area contributed by atoms with Crippen LogP contribution in [0.1, 0.15) is 6.42 Å². The zero-order valence-electron chi connectivity index (χ0n) is 10.4. The highest BCUT2D eigenvalue weighted by atomic mass is 19.4. The second kappa shape index (κ2) is 6.51. The van der Waals surface area contributed by atoms with Crippen LogP contribution < -0.4 is 0 Å². The number of hydrogen-bond acceptors (Lipinski definition) is 5. The minimum atomic E-state index is -4.78. The molecule has 3 N–H and O–H groups in total. The van der Waals surface area contributed by atoms with Crippen molar-refractivity contribution in [2.24, 2.45) is 0 Å². The molecule has 1 saturated heterocycles. The van der Waals surface area contributed by atoms with Gasteiger partial charge < -0.3 is 20.2 Å². The maximum Gasteiger partial charge on any atom is 0.421 e. The summed E-state index contributed by atoms with van der Waals surface area (Å²) in [4.78, 5) is 12.4. The Labute approximate surface area is 112 Å². The van der Waals surface area contributed by atoms with Crippen LogP contribution in [0.15, 0.2) is 11.6 Å². The third kappa shape index (κ3) is 4.05. The molecular weight excluding hydrogens is 279 g/mol. The number of carbonyl (C=O) groups excluding carboxylic acids is 1. The highest BCUT2D eigenvalue weighted by Crippen LogP contribution is 2.27. The smallest absolute Gasteiger partial charge is 0.421 e. The average molecular weight is 293 g/mol. The third-order valence-electron chi connectivity index (χ3n) is 2.72. The fraction of sp³-hybridized carbons (Fsp3) is 0.545. The van der Waals surface area contributed by atoms with Crippen LogP contribution in [0.5, 0.6) is 0 Å². The first kappa shape index (κ1) is 16.2. The van der Waals surface area contributed by atoms with Gasteiger partial charge in [-0.3, -0.25) is 10.2 Å². The van der Waals surface area contributed by atoms with Crippen LogP contribution >= 0.6 is 0 Å². The molecule has 0 spiro atoms. The zero-order valence-corrected chi connectivity index (χ0v) is 10.4. The first-order valence-corrected chi connectivity index (χ1v) is 5.71. The lowest BCUT2D eigenvalue weighted by atomic mass is 10.2. The molecule has 0 aliphatic carbocycles. The molecule has 0 saturated carbocycles. The van der Waals surface area contributed by atoms with Crippen LogP contribution in [0.25, 0.3) is 0 Å². The molecule has 112 valence electrons. The van der Waals surface area contributed by atoms with Gasteiger partial charge >= 0.3 is 6.18 Å². The van der Waals surface area contributed by atoms with E-state index < -0.39 is 36.3 Å². The first-order chi connectivity index (χ1) is 9.29. The monoisotopic (exact) mass is 293 g/mol. The number of nitrogens with one attached hydrogen (secondary N) is 2. The van der Waals surface area contributed by atoms with Gasteiger partial charge in [-0.2, -0.15) is 13.2 Å². The van der Waals surface area contributed by atoms with Gasteiger partial charge in [-0.1, -0.05) is 0 Å². The molecule has 1 atom stereocenters. The predicted molar refractivity (Wildman–Crippen MR) is 63.8 cm³/mol. The van der Waals surface area contributed by atoms with E-state index in [4.69, 9.17) is 20.7 Å². The van der Waals surface area contributed by atoms with Crippen molar-refractivity contribution in [2.75, 3.05) is 19.7 Å². The first-order valence-electron chi connectivity index (χ1n) is 5.71. The number of aliphatic hydroxyl groups is 1. The van der Waals surface area contributed by atoms with E-state index in [1.165, 1.54) is 4.90 Å². The highest BCUT2D eigenvalue weighted by Gasteiger charge is 2.39. The summed E-state index contributed by atoms with van der Waals surface area (Å²) in [7, 11) is 0. The number of halogens is 3. The molecule has 1 fully saturated rings. The lowest BCUT2D eigenvalue weighted by Crippen LogP contribution is -2.33. The van der Waals surface area contributed by atoms with Crippen molar-refractivity contribution in [1.29, 1.82) is 10.8 Å². The molecule has 1 amide bonds. The largest absolute Gasteiger partial charge is 0.472 e. The summed E-state index contributed by atoms with van der Waals surface area (Å²) in [6.07, 6.45) is -4.36. The molecule has 9 heteroatoms. The van der Waals surface area contributed by atoms with Gasteiger partial charge in [-0.15, -0.1) is 0 Å². The van der Waals surface area contributed by atoms with Crippen LogP contribution in [0.3, 0.4) is 0 Å². The van der Waals surface area contributed by atoms with E-state index in [1.807, 2.05) is 0 Å². The fourth-order valence-corrected chi connectivity index (χ4v) is 1.76. The van der Waals surface area contributed by atoms with Crippen molar-refractivity contribution in [3.05, 3.63) is 11.6 Å². The van der Waals surface area contributed by atoms with Gasteiger partial charge in [0, 0.05) is 19.2 Å². The van der Waals surface area contributed by atoms with E-state index in [1.54, 1.807) is 0 Å². The van der Waals surface area contributed by atoms with E-state index in [0.29, 0.717) is 12.3 Å². The summed E-state index contributed by atoms with van der Waals surface area (Å²) in [6.45, 7) is -0.393. The molecule has 0 bridgehead atoms. The normalized spacial score (nSPS) is 19.9. The Morgan fingerprint density at radius 1 is 1.50 bits per heavy atom. The van der Waals surface area contributed by atoms with Crippen molar-refractivity contribution in [1.82, 2.24) is 4.90 Å². The average Bonchev–Trinajstić information content (AvgIpc) is 2.81. The Balaban J connectivity index is 2.65. The lowest BCUT2D eigenvalue weighted by molar-refractivity contribution is -0.133. The number of ether oxygens (including phenoxy) is 1. The topological polar surface area (TPSA) is 97.5 Å². The molecule has 1 rings (SSSR count). The molecule has 1 heterocycles. The van der Waals surface area contributed by atoms with Crippen molar-refractivity contribution in [2.45, 2.75) is 18.7 Å². The number of hydrogen-bond donors (Lipinski definition) is 3. The van der Waals surface area contributed by atoms with Crippen molar-refractivity contribution in [3.63, 3.8) is 0 Å². The number of allylic oxidation sites excluding steroid dienone is 1. The number of amides is 1. The van der Waals surface area contributed by atoms with Gasteiger partial charge in [0.2, 0.25) is 11.8 Å². The molecule has 0 aromatic rings. The van der Waals surface area contributed by atoms with Gasteiger partial charge in [-0.05, 0) is 6.08 Å². The van der Waals surface area contributed by atoms with Crippen molar-refractivity contribution >= 4 is 18.0 Å². The lowest BCUT2D eigenvalue weighted by Gasteiger charge is -2.18. The standard InChI is InChI=1S/C11H14F3N3O3/c12-11(13,14)8(1-3-15)10(16)20-7-2-4-17(5-7)9(19)6-18/h1,3,7,15-16,18H,2,4-6H2/b8-1+,15-3?,16-10?/t7-/m0/s1. The van der Waals surface area contributed by atoms with Gasteiger partial charge in [0.05, 0.1) is 6.54 Å². The minimum Gasteiger partial charge on any atom is -0.472 e. The number of likely N-dealkylation sites (tertiary alicyclic amines) is 1. The summed E-state index contributed by atoms with van der Waals surface area (Å²) < 4.78 is 42.7. The second-order valence-corrected chi connectivity index (χ2v) is 4.10. The highest BCUT2D eigenvalue weighted by molar-refractivity contribution is 5.96. The maximum atomic E-state index is 12.6. The number of alkyl halides is 3. The Morgan fingerprint density at radius 2 is 2.15 bits per heavy atom. The van der Waals surface area contributed by atoms with Gasteiger partial charge in [0.25, 0.3) is 0 Å². The molecule has 20 heavy (non-hydrogen) atoms. The second-order valence-electron chi connectivity index (χ2n) is 4.10. The van der Waals surface area contributed by atoms with Crippen LogP contribution in [0, 0.1) is 10.8 Å². The Kier molecular flexibility index (Phi) is 5.26. The van der Waals surface area contributed by atoms with E-state index in [-0.39, 0.29) is 19.5 Å². The molecule has 6 nitrogen and oxygen atoms in total. The van der Waals surface area contributed by atoms with Crippen LogP contribution in [0.2, 0.25) is 0 Å². The van der Waals surface area contributed by atoms with Crippen LogP contribution in [-0.2, 0) is 9.53 Å². The molecule has 0 unspecified atom stereocenters.